The van der Waals surface area contributed by atoms with E-state index in [0.717, 1.165) is 23.0 Å². The summed E-state index contributed by atoms with van der Waals surface area (Å²) in [5, 5.41) is 21.6. The number of nitro benzene ring substituents is 1. The first-order valence-electron chi connectivity index (χ1n) is 8.97. The molecule has 0 saturated heterocycles. The molecule has 4 rings (SSSR count). The summed E-state index contributed by atoms with van der Waals surface area (Å²) >= 11 is 2.44. The SMILES string of the molecule is O=C(CN1C(=O)c2cccc([N+](=O)[O-])c2C1=O)Nc1nnc(SCc2ccc(F)cc2)s1. The number of hydrogen-bond donors (Lipinski definition) is 1. The molecule has 0 radical (unpaired) electrons. The number of fused-ring (bicyclic) bond motifs is 1. The van der Waals surface area contributed by atoms with Gasteiger partial charge in [0.05, 0.1) is 10.5 Å². The number of benzene rings is 2. The quantitative estimate of drug-likeness (QED) is 0.182. The Morgan fingerprint density at radius 1 is 1.16 bits per heavy atom. The van der Waals surface area contributed by atoms with E-state index in [9.17, 15) is 28.9 Å². The fourth-order valence-electron chi connectivity index (χ4n) is 2.96. The minimum absolute atomic E-state index is 0.118. The van der Waals surface area contributed by atoms with Gasteiger partial charge in [0.25, 0.3) is 17.5 Å². The standard InChI is InChI=1S/C19H12FN5O5S2/c20-11-6-4-10(5-7-11)9-31-19-23-22-18(32-19)21-14(26)8-24-16(27)12-2-1-3-13(25(29)30)15(12)17(24)28/h1-7H,8-9H2,(H,21,22,26). The highest BCUT2D eigenvalue weighted by molar-refractivity contribution is 8.00. The smallest absolute Gasteiger partial charge is 0.282 e. The molecule has 3 amide bonds. The van der Waals surface area contributed by atoms with Crippen LogP contribution in [-0.4, -0.2) is 44.3 Å². The van der Waals surface area contributed by atoms with Gasteiger partial charge in [0.2, 0.25) is 11.0 Å². The van der Waals surface area contributed by atoms with Crippen molar-refractivity contribution in [1.29, 1.82) is 0 Å². The Balaban J connectivity index is 1.38. The van der Waals surface area contributed by atoms with E-state index in [0.29, 0.717) is 15.0 Å². The Morgan fingerprint density at radius 2 is 1.91 bits per heavy atom. The number of nitro groups is 1. The van der Waals surface area contributed by atoms with Gasteiger partial charge in [-0.1, -0.05) is 41.3 Å². The lowest BCUT2D eigenvalue weighted by molar-refractivity contribution is -0.385. The van der Waals surface area contributed by atoms with Gasteiger partial charge in [0, 0.05) is 11.8 Å². The van der Waals surface area contributed by atoms with Crippen LogP contribution in [-0.2, 0) is 10.5 Å². The molecule has 3 aromatic rings. The Morgan fingerprint density at radius 3 is 2.62 bits per heavy atom. The van der Waals surface area contributed by atoms with Crippen LogP contribution in [0.2, 0.25) is 0 Å². The molecule has 1 aliphatic rings. The molecule has 0 saturated carbocycles. The number of anilines is 1. The maximum absolute atomic E-state index is 13.0. The van der Waals surface area contributed by atoms with Crippen molar-refractivity contribution in [3.8, 4) is 0 Å². The fourth-order valence-corrected chi connectivity index (χ4v) is 4.68. The van der Waals surface area contributed by atoms with Gasteiger partial charge in [-0.05, 0) is 23.8 Å². The van der Waals surface area contributed by atoms with E-state index in [1.165, 1.54) is 36.0 Å². The van der Waals surface area contributed by atoms with Crippen LogP contribution in [0.5, 0.6) is 0 Å². The van der Waals surface area contributed by atoms with Crippen molar-refractivity contribution < 1.29 is 23.7 Å². The first-order valence-corrected chi connectivity index (χ1v) is 10.8. The number of carbonyl (C=O) groups is 3. The van der Waals surface area contributed by atoms with Gasteiger partial charge >= 0.3 is 0 Å². The molecule has 0 fully saturated rings. The average Bonchev–Trinajstić information content (AvgIpc) is 3.31. The third-order valence-corrected chi connectivity index (χ3v) is 6.45. The average molecular weight is 473 g/mol. The summed E-state index contributed by atoms with van der Waals surface area (Å²) in [4.78, 5) is 48.4. The zero-order valence-corrected chi connectivity index (χ0v) is 17.6. The molecule has 1 aromatic heterocycles. The first-order chi connectivity index (χ1) is 15.3. The zero-order chi connectivity index (χ0) is 22.8. The maximum atomic E-state index is 13.0. The summed E-state index contributed by atoms with van der Waals surface area (Å²) in [6.07, 6.45) is 0. The number of amides is 3. The zero-order valence-electron chi connectivity index (χ0n) is 16.0. The second kappa shape index (κ2) is 8.80. The molecular weight excluding hydrogens is 461 g/mol. The van der Waals surface area contributed by atoms with Crippen molar-refractivity contribution in [2.45, 2.75) is 10.1 Å². The fraction of sp³-hybridized carbons (Fsp3) is 0.105. The van der Waals surface area contributed by atoms with Gasteiger partial charge in [-0.2, -0.15) is 0 Å². The van der Waals surface area contributed by atoms with Gasteiger partial charge in [0.15, 0.2) is 4.34 Å². The van der Waals surface area contributed by atoms with Crippen LogP contribution in [0.3, 0.4) is 0 Å². The molecule has 0 aliphatic carbocycles. The van der Waals surface area contributed by atoms with Crippen LogP contribution in [0.25, 0.3) is 0 Å². The lowest BCUT2D eigenvalue weighted by atomic mass is 10.1. The summed E-state index contributed by atoms with van der Waals surface area (Å²) in [6.45, 7) is -0.624. The predicted octanol–water partition coefficient (Wildman–Crippen LogP) is 3.11. The molecule has 0 atom stereocenters. The van der Waals surface area contributed by atoms with E-state index >= 15 is 0 Å². The monoisotopic (exact) mass is 473 g/mol. The van der Waals surface area contributed by atoms with Crippen LogP contribution in [0, 0.1) is 15.9 Å². The lowest BCUT2D eigenvalue weighted by Crippen LogP contribution is -2.37. The van der Waals surface area contributed by atoms with E-state index in [2.05, 4.69) is 15.5 Å². The number of nitrogens with zero attached hydrogens (tertiary/aromatic N) is 4. The highest BCUT2D eigenvalue weighted by Crippen LogP contribution is 2.31. The third-order valence-electron chi connectivity index (χ3n) is 4.40. The number of rotatable bonds is 7. The van der Waals surface area contributed by atoms with Crippen LogP contribution in [0.15, 0.2) is 46.8 Å². The van der Waals surface area contributed by atoms with Gasteiger partial charge in [-0.3, -0.25) is 34.7 Å². The summed E-state index contributed by atoms with van der Waals surface area (Å²) in [5.41, 5.74) is -0.0503. The number of hydrogen-bond acceptors (Lipinski definition) is 9. The largest absolute Gasteiger partial charge is 0.299 e. The van der Waals surface area contributed by atoms with Crippen LogP contribution in [0.4, 0.5) is 15.2 Å². The first kappa shape index (κ1) is 21.5. The maximum Gasteiger partial charge on any atom is 0.282 e. The Bertz CT molecular complexity index is 1250. The Kier molecular flexibility index (Phi) is 5.92. The number of nitrogens with one attached hydrogen (secondary N) is 1. The highest BCUT2D eigenvalue weighted by atomic mass is 32.2. The predicted molar refractivity (Wildman–Crippen MR) is 113 cm³/mol. The van der Waals surface area contributed by atoms with Gasteiger partial charge in [-0.15, -0.1) is 10.2 Å². The minimum Gasteiger partial charge on any atom is -0.299 e. The molecule has 32 heavy (non-hydrogen) atoms. The number of thioether (sulfide) groups is 1. The highest BCUT2D eigenvalue weighted by Gasteiger charge is 2.41. The van der Waals surface area contributed by atoms with Crippen molar-refractivity contribution in [2.24, 2.45) is 0 Å². The van der Waals surface area contributed by atoms with Crippen molar-refractivity contribution in [1.82, 2.24) is 15.1 Å². The molecule has 0 bridgehead atoms. The van der Waals surface area contributed by atoms with Gasteiger partial charge in [-0.25, -0.2) is 4.39 Å². The summed E-state index contributed by atoms with van der Waals surface area (Å²) in [5.74, 6) is -2.19. The Hall–Kier alpha value is -3.71. The number of imide groups is 1. The minimum atomic E-state index is -0.903. The molecule has 1 aliphatic heterocycles. The molecule has 0 unspecified atom stereocenters. The molecule has 2 aromatic carbocycles. The van der Waals surface area contributed by atoms with E-state index in [-0.39, 0.29) is 22.1 Å². The molecule has 1 N–H and O–H groups in total. The molecular formula is C19H12FN5O5S2. The summed E-state index contributed by atoms with van der Waals surface area (Å²) in [7, 11) is 0. The van der Waals surface area contributed by atoms with Gasteiger partial charge in [0.1, 0.15) is 17.9 Å². The van der Waals surface area contributed by atoms with Crippen molar-refractivity contribution in [2.75, 3.05) is 11.9 Å². The second-order valence-electron chi connectivity index (χ2n) is 6.49. The molecule has 0 spiro atoms. The molecule has 10 nitrogen and oxygen atoms in total. The third kappa shape index (κ3) is 4.33. The van der Waals surface area contributed by atoms with Crippen molar-refractivity contribution >= 4 is 51.6 Å². The topological polar surface area (TPSA) is 135 Å². The number of halogens is 1. The second-order valence-corrected chi connectivity index (χ2v) is 8.69. The molecule has 2 heterocycles. The number of carbonyl (C=O) groups excluding carboxylic acids is 3. The summed E-state index contributed by atoms with van der Waals surface area (Å²) < 4.78 is 13.5. The van der Waals surface area contributed by atoms with Crippen molar-refractivity contribution in [3.63, 3.8) is 0 Å². The van der Waals surface area contributed by atoms with Gasteiger partial charge < -0.3 is 0 Å². The molecule has 162 valence electrons. The van der Waals surface area contributed by atoms with E-state index in [4.69, 9.17) is 0 Å². The van der Waals surface area contributed by atoms with E-state index < -0.39 is 34.9 Å². The van der Waals surface area contributed by atoms with Crippen LogP contribution < -0.4 is 5.32 Å². The lowest BCUT2D eigenvalue weighted by Gasteiger charge is -2.12. The molecule has 13 heteroatoms. The Labute approximate surface area is 187 Å². The van der Waals surface area contributed by atoms with Crippen LogP contribution >= 0.6 is 23.1 Å². The van der Waals surface area contributed by atoms with E-state index in [1.54, 1.807) is 12.1 Å². The van der Waals surface area contributed by atoms with Crippen LogP contribution in [0.1, 0.15) is 26.3 Å². The van der Waals surface area contributed by atoms with E-state index in [1.807, 2.05) is 0 Å². The normalized spacial score (nSPS) is 12.7. The summed E-state index contributed by atoms with van der Waals surface area (Å²) in [6, 6.07) is 9.75. The van der Waals surface area contributed by atoms with Crippen molar-refractivity contribution in [3.05, 3.63) is 75.1 Å². The number of aromatic nitrogens is 2.